The van der Waals surface area contributed by atoms with Crippen LogP contribution in [0.15, 0.2) is 82.0 Å². The van der Waals surface area contributed by atoms with Gasteiger partial charge in [0.15, 0.2) is 11.6 Å². The van der Waals surface area contributed by atoms with E-state index < -0.39 is 19.5 Å². The number of rotatable bonds is 7. The normalized spacial score (nSPS) is 26.1. The Labute approximate surface area is 332 Å². The number of aromatic amines is 2. The van der Waals surface area contributed by atoms with Gasteiger partial charge >= 0.3 is 0 Å². The first-order valence-corrected chi connectivity index (χ1v) is 23.5. The molecule has 16 heteroatoms. The average molecular weight is 807 g/mol. The van der Waals surface area contributed by atoms with Gasteiger partial charge in [-0.15, -0.1) is 0 Å². The van der Waals surface area contributed by atoms with Crippen molar-refractivity contribution < 1.29 is 17.9 Å². The number of morpholine rings is 2. The highest BCUT2D eigenvalue weighted by Crippen LogP contribution is 2.38. The van der Waals surface area contributed by atoms with Gasteiger partial charge in [-0.1, -0.05) is 0 Å². The molecular formula is C41H46N10O4S2. The van der Waals surface area contributed by atoms with Gasteiger partial charge in [0.25, 0.3) is 0 Å². The lowest BCUT2D eigenvalue weighted by atomic mass is 10.0. The van der Waals surface area contributed by atoms with Gasteiger partial charge in [0.2, 0.25) is 0 Å². The number of H-pyrrole nitrogens is 2. The van der Waals surface area contributed by atoms with E-state index in [4.69, 9.17) is 28.2 Å². The first-order valence-electron chi connectivity index (χ1n) is 19.8. The maximum Gasteiger partial charge on any atom is 0.164 e. The molecule has 0 saturated carbocycles. The number of aromatic nitrogens is 6. The Hall–Kier alpha value is -4.90. The van der Waals surface area contributed by atoms with E-state index in [1.807, 2.05) is 48.8 Å². The van der Waals surface area contributed by atoms with Crippen molar-refractivity contribution in [3.63, 3.8) is 0 Å². The quantitative estimate of drug-likeness (QED) is 0.177. The summed E-state index contributed by atoms with van der Waals surface area (Å²) in [5.41, 5.74) is 6.90. The second kappa shape index (κ2) is 14.5. The van der Waals surface area contributed by atoms with Crippen molar-refractivity contribution in [3.05, 3.63) is 73.3 Å². The maximum absolute atomic E-state index is 14.4. The second-order valence-corrected chi connectivity index (χ2v) is 20.7. The Balaban J connectivity index is 0.947. The zero-order chi connectivity index (χ0) is 38.7. The monoisotopic (exact) mass is 806 g/mol. The van der Waals surface area contributed by atoms with Crippen LogP contribution in [0.1, 0.15) is 26.7 Å². The van der Waals surface area contributed by atoms with Crippen LogP contribution in [0, 0.1) is 5.92 Å². The van der Waals surface area contributed by atoms with Crippen molar-refractivity contribution in [2.75, 3.05) is 65.7 Å². The number of hydrogen-bond acceptors (Lipinski definition) is 12. The van der Waals surface area contributed by atoms with Crippen LogP contribution in [0.2, 0.25) is 0 Å². The van der Waals surface area contributed by atoms with E-state index in [2.05, 4.69) is 55.7 Å². The lowest BCUT2D eigenvalue weighted by molar-refractivity contribution is -0.00552. The van der Waals surface area contributed by atoms with Crippen LogP contribution in [0.25, 0.3) is 44.6 Å². The van der Waals surface area contributed by atoms with Gasteiger partial charge in [0.1, 0.15) is 11.3 Å². The molecule has 296 valence electrons. The molecule has 0 amide bonds. The summed E-state index contributed by atoms with van der Waals surface area (Å²) >= 11 is 0. The van der Waals surface area contributed by atoms with Gasteiger partial charge < -0.3 is 29.2 Å². The minimum atomic E-state index is -2.58. The van der Waals surface area contributed by atoms with Crippen LogP contribution in [0.5, 0.6) is 0 Å². The van der Waals surface area contributed by atoms with E-state index in [-0.39, 0.29) is 24.1 Å². The van der Waals surface area contributed by atoms with Gasteiger partial charge in [-0.25, -0.2) is 28.4 Å². The Kier molecular flexibility index (Phi) is 9.26. The number of anilines is 2. The highest BCUT2D eigenvalue weighted by molar-refractivity contribution is 7.95. The molecule has 57 heavy (non-hydrogen) atoms. The lowest BCUT2D eigenvalue weighted by Crippen LogP contribution is -2.56. The summed E-state index contributed by atoms with van der Waals surface area (Å²) in [5.74, 6) is 3.08. The zero-order valence-electron chi connectivity index (χ0n) is 32.0. The summed E-state index contributed by atoms with van der Waals surface area (Å²) in [4.78, 5) is 30.0. The second-order valence-electron chi connectivity index (χ2n) is 15.8. The van der Waals surface area contributed by atoms with Crippen molar-refractivity contribution >= 4 is 64.5 Å². The maximum atomic E-state index is 14.4. The number of hydrogen-bond donors (Lipinski definition) is 2. The molecule has 10 heterocycles. The number of nitrogens with zero attached hydrogens (tertiary/aromatic N) is 8. The number of ether oxygens (including phenoxy) is 2. The van der Waals surface area contributed by atoms with Crippen molar-refractivity contribution in [1.29, 1.82) is 0 Å². The van der Waals surface area contributed by atoms with Crippen LogP contribution in [-0.4, -0.2) is 112 Å². The molecule has 4 saturated heterocycles. The minimum absolute atomic E-state index is 0.0656. The van der Waals surface area contributed by atoms with Crippen molar-refractivity contribution in [1.82, 2.24) is 29.9 Å². The molecule has 0 radical (unpaired) electrons. The van der Waals surface area contributed by atoms with E-state index in [1.165, 1.54) is 0 Å². The van der Waals surface area contributed by atoms with Crippen molar-refractivity contribution in [3.8, 4) is 22.5 Å². The van der Waals surface area contributed by atoms with Crippen LogP contribution in [0.4, 0.5) is 23.0 Å². The standard InChI is InChI=1S/C41H46N10O4S2/c1-26-22-54-14-13-50(26)29-17-35(31-5-9-42-40-33(31)7-11-44-40)47-39(19-29)49-57(53)24-28(25-57)37-21-51(27(2)23-55-37)30-18-36(32-6-10-43-41-34(32)8-12-45-41)46-38(20-30)48-56(52)15-3-4-16-56/h5-12,17-20,26-28,37H,3-4,13-16,21-25H2,1-2H3,(H,42,44)(H,43,45)/t26-,27-,28?,37?,57?/m1/s1. The Morgan fingerprint density at radius 2 is 1.32 bits per heavy atom. The minimum Gasteiger partial charge on any atom is -0.377 e. The molecule has 1 unspecified atom stereocenters. The molecule has 0 spiro atoms. The lowest BCUT2D eigenvalue weighted by Gasteiger charge is -2.45. The van der Waals surface area contributed by atoms with Crippen LogP contribution < -0.4 is 9.80 Å². The molecule has 0 aliphatic carbocycles. The molecule has 0 bridgehead atoms. The van der Waals surface area contributed by atoms with Gasteiger partial charge in [0.05, 0.1) is 56.8 Å². The zero-order valence-corrected chi connectivity index (χ0v) is 33.7. The fraction of sp³-hybridized carbons (Fsp3) is 0.415. The van der Waals surface area contributed by atoms with Gasteiger partial charge in [-0.3, -0.25) is 0 Å². The van der Waals surface area contributed by atoms with Crippen LogP contribution in [0.3, 0.4) is 0 Å². The van der Waals surface area contributed by atoms with Crippen LogP contribution >= 0.6 is 0 Å². The molecule has 2 N–H and O–H groups in total. The largest absolute Gasteiger partial charge is 0.377 e. The molecular weight excluding hydrogens is 761 g/mol. The fourth-order valence-corrected chi connectivity index (χ4v) is 13.1. The molecule has 10 rings (SSSR count). The number of pyridine rings is 4. The van der Waals surface area contributed by atoms with Crippen LogP contribution in [-0.2, 0) is 28.9 Å². The molecule has 6 aromatic rings. The summed E-state index contributed by atoms with van der Waals surface area (Å²) in [6.45, 7) is 7.44. The topological polar surface area (TPSA) is 167 Å². The highest BCUT2D eigenvalue weighted by atomic mass is 32.2. The molecule has 4 aliphatic rings. The summed E-state index contributed by atoms with van der Waals surface area (Å²) in [6, 6.07) is 16.3. The molecule has 4 aliphatic heterocycles. The van der Waals surface area contributed by atoms with E-state index >= 15 is 0 Å². The third kappa shape index (κ3) is 7.06. The SMILES string of the molecule is C[C@@H]1COCCN1c1cc(N=S2(=O)CC(C3CN(c4cc(N=S5(=O)CCCC5)nc(-c5ccnc6[nH]ccc56)c4)[C@H](C)CO3)C2)nc(-c2ccnc3[nH]ccc23)c1. The average Bonchev–Trinajstić information content (AvgIpc) is 3.98. The summed E-state index contributed by atoms with van der Waals surface area (Å²) in [7, 11) is -4.93. The van der Waals surface area contributed by atoms with E-state index in [9.17, 15) is 8.42 Å². The fourth-order valence-electron chi connectivity index (χ4n) is 8.71. The predicted molar refractivity (Wildman–Crippen MR) is 225 cm³/mol. The molecule has 3 atom stereocenters. The van der Waals surface area contributed by atoms with Crippen molar-refractivity contribution in [2.24, 2.45) is 14.6 Å². The predicted octanol–water partition coefficient (Wildman–Crippen LogP) is 6.70. The van der Waals surface area contributed by atoms with Crippen molar-refractivity contribution in [2.45, 2.75) is 44.9 Å². The molecule has 6 aromatic heterocycles. The first-order chi connectivity index (χ1) is 27.7. The Morgan fingerprint density at radius 3 is 1.93 bits per heavy atom. The summed E-state index contributed by atoms with van der Waals surface area (Å²) in [5, 5.41) is 1.93. The first kappa shape index (κ1) is 36.4. The van der Waals surface area contributed by atoms with Gasteiger partial charge in [-0.05, 0) is 63.1 Å². The third-order valence-electron chi connectivity index (χ3n) is 11.7. The number of fused-ring (bicyclic) bond motifs is 2. The molecule has 14 nitrogen and oxygen atoms in total. The van der Waals surface area contributed by atoms with E-state index in [0.29, 0.717) is 61.0 Å². The van der Waals surface area contributed by atoms with E-state index in [0.717, 1.165) is 75.3 Å². The summed E-state index contributed by atoms with van der Waals surface area (Å²) in [6.07, 6.45) is 9.00. The molecule has 0 aromatic carbocycles. The third-order valence-corrected chi connectivity index (χ3v) is 16.5. The van der Waals surface area contributed by atoms with Gasteiger partial charge in [0, 0.05) is 124 Å². The van der Waals surface area contributed by atoms with Gasteiger partial charge in [-0.2, -0.15) is 8.73 Å². The Bertz CT molecular complexity index is 2730. The smallest absolute Gasteiger partial charge is 0.164 e. The Morgan fingerprint density at radius 1 is 0.737 bits per heavy atom. The summed E-state index contributed by atoms with van der Waals surface area (Å²) < 4.78 is 50.0. The highest BCUT2D eigenvalue weighted by Gasteiger charge is 2.42. The molecule has 4 fully saturated rings. The number of nitrogens with one attached hydrogen (secondary N) is 2. The van der Waals surface area contributed by atoms with E-state index in [1.54, 1.807) is 12.4 Å².